The van der Waals surface area contributed by atoms with Crippen LogP contribution in [0.2, 0.25) is 0 Å². The first-order chi connectivity index (χ1) is 9.34. The predicted octanol–water partition coefficient (Wildman–Crippen LogP) is 1.50. The second-order valence-electron chi connectivity index (χ2n) is 7.54. The predicted molar refractivity (Wildman–Crippen MR) is 76.7 cm³/mol. The second kappa shape index (κ2) is 5.35. The molecule has 0 bridgehead atoms. The van der Waals surface area contributed by atoms with Gasteiger partial charge in [-0.2, -0.15) is 0 Å². The van der Waals surface area contributed by atoms with Crippen molar-refractivity contribution in [2.75, 3.05) is 4.43 Å². The van der Waals surface area contributed by atoms with Crippen molar-refractivity contribution >= 4 is 0 Å². The van der Waals surface area contributed by atoms with Crippen LogP contribution in [0.25, 0.3) is 0 Å². The monoisotopic (exact) mass is 371 g/mol. The summed E-state index contributed by atoms with van der Waals surface area (Å²) in [7, 11) is 0. The molecular formula is C18H28I-. The summed E-state index contributed by atoms with van der Waals surface area (Å²) < 4.78 is 2.80. The first-order valence-corrected chi connectivity index (χ1v) is 11.4. The zero-order valence-electron chi connectivity index (χ0n) is 12.2. The Morgan fingerprint density at radius 1 is 1.00 bits per heavy atom. The SMILES string of the molecule is CC1CCCC2CCC3C(C=CCC4[I-]CCC43)C12. The van der Waals surface area contributed by atoms with E-state index in [1.165, 1.54) is 23.2 Å². The maximum atomic E-state index is 2.71. The van der Waals surface area contributed by atoms with Gasteiger partial charge in [-0.3, -0.25) is 0 Å². The van der Waals surface area contributed by atoms with Gasteiger partial charge in [0, 0.05) is 0 Å². The fourth-order valence-electron chi connectivity index (χ4n) is 5.95. The molecule has 2 saturated carbocycles. The molecule has 0 spiro atoms. The van der Waals surface area contributed by atoms with Crippen molar-refractivity contribution in [1.29, 1.82) is 0 Å². The van der Waals surface area contributed by atoms with Crippen LogP contribution in [-0.2, 0) is 0 Å². The fourth-order valence-corrected chi connectivity index (χ4v) is 10.0. The third kappa shape index (κ3) is 2.22. The molecule has 108 valence electrons. The summed E-state index contributed by atoms with van der Waals surface area (Å²) in [6.07, 6.45) is 16.1. The number of alkyl halides is 2. The number of hydrogen-bond acceptors (Lipinski definition) is 0. The molecule has 19 heavy (non-hydrogen) atoms. The van der Waals surface area contributed by atoms with Crippen LogP contribution in [0.4, 0.5) is 0 Å². The summed E-state index contributed by atoms with van der Waals surface area (Å²) in [5.41, 5.74) is 0. The Bertz CT molecular complexity index is 361. The van der Waals surface area contributed by atoms with Crippen LogP contribution in [0.15, 0.2) is 12.2 Å². The molecule has 0 radical (unpaired) electrons. The summed E-state index contributed by atoms with van der Waals surface area (Å²) in [5.74, 6) is 6.36. The molecular weight excluding hydrogens is 343 g/mol. The van der Waals surface area contributed by atoms with E-state index in [-0.39, 0.29) is 0 Å². The van der Waals surface area contributed by atoms with Gasteiger partial charge in [-0.15, -0.1) is 0 Å². The molecule has 0 aromatic heterocycles. The molecule has 0 aromatic carbocycles. The van der Waals surface area contributed by atoms with E-state index in [0.29, 0.717) is 21.2 Å². The number of allylic oxidation sites excluding steroid dienone is 2. The Morgan fingerprint density at radius 2 is 1.95 bits per heavy atom. The molecule has 1 saturated heterocycles. The Hall–Kier alpha value is 0.470. The van der Waals surface area contributed by atoms with Gasteiger partial charge in [-0.05, 0) is 0 Å². The summed E-state index contributed by atoms with van der Waals surface area (Å²) in [6.45, 7) is 2.57. The normalized spacial score (nSPS) is 53.4. The zero-order chi connectivity index (χ0) is 12.8. The van der Waals surface area contributed by atoms with E-state index in [1.807, 2.05) is 0 Å². The summed E-state index contributed by atoms with van der Waals surface area (Å²) >= 11 is 0.547. The van der Waals surface area contributed by atoms with Gasteiger partial charge >= 0.3 is 129 Å². The summed E-state index contributed by atoms with van der Waals surface area (Å²) in [4.78, 5) is 0. The van der Waals surface area contributed by atoms with Crippen molar-refractivity contribution in [3.63, 3.8) is 0 Å². The number of hydrogen-bond donors (Lipinski definition) is 0. The van der Waals surface area contributed by atoms with Crippen molar-refractivity contribution in [3.05, 3.63) is 12.2 Å². The molecule has 1 aliphatic heterocycles. The fraction of sp³-hybridized carbons (Fsp3) is 0.889. The van der Waals surface area contributed by atoms with Crippen molar-refractivity contribution in [1.82, 2.24) is 0 Å². The van der Waals surface area contributed by atoms with Gasteiger partial charge in [0.25, 0.3) is 0 Å². The van der Waals surface area contributed by atoms with Gasteiger partial charge in [0.1, 0.15) is 0 Å². The number of fused-ring (bicyclic) bond motifs is 5. The maximum absolute atomic E-state index is 2.71. The van der Waals surface area contributed by atoms with Crippen molar-refractivity contribution in [3.8, 4) is 0 Å². The Labute approximate surface area is 129 Å². The third-order valence-corrected chi connectivity index (χ3v) is 10.5. The molecule has 7 atom stereocenters. The molecule has 1 heterocycles. The van der Waals surface area contributed by atoms with E-state index >= 15 is 0 Å². The van der Waals surface area contributed by atoms with Gasteiger partial charge in [0.2, 0.25) is 0 Å². The number of halogens is 1. The average molecular weight is 371 g/mol. The molecule has 0 N–H and O–H groups in total. The van der Waals surface area contributed by atoms with E-state index in [1.54, 1.807) is 30.1 Å². The Balaban J connectivity index is 1.64. The van der Waals surface area contributed by atoms with Gasteiger partial charge in [0.15, 0.2) is 0 Å². The van der Waals surface area contributed by atoms with Crippen molar-refractivity contribution < 1.29 is 21.2 Å². The minimum absolute atomic E-state index is 0.547. The van der Waals surface area contributed by atoms with Crippen molar-refractivity contribution in [2.24, 2.45) is 35.5 Å². The Morgan fingerprint density at radius 3 is 2.89 bits per heavy atom. The molecule has 1 heteroatoms. The molecule has 3 aliphatic carbocycles. The van der Waals surface area contributed by atoms with E-state index in [0.717, 1.165) is 35.5 Å². The van der Waals surface area contributed by atoms with Crippen LogP contribution >= 0.6 is 0 Å². The number of rotatable bonds is 0. The van der Waals surface area contributed by atoms with E-state index in [4.69, 9.17) is 0 Å². The zero-order valence-corrected chi connectivity index (χ0v) is 14.4. The topological polar surface area (TPSA) is 0 Å². The van der Waals surface area contributed by atoms with E-state index < -0.39 is 0 Å². The minimum atomic E-state index is 0.547. The molecule has 7 unspecified atom stereocenters. The van der Waals surface area contributed by atoms with Gasteiger partial charge in [-0.25, -0.2) is 0 Å². The van der Waals surface area contributed by atoms with E-state index in [2.05, 4.69) is 19.1 Å². The average Bonchev–Trinajstić information content (AvgIpc) is 2.80. The molecule has 0 amide bonds. The van der Waals surface area contributed by atoms with Crippen LogP contribution in [0.5, 0.6) is 0 Å². The first-order valence-electron chi connectivity index (χ1n) is 8.59. The summed E-state index contributed by atoms with van der Waals surface area (Å²) in [5, 5.41) is 0. The molecule has 4 rings (SSSR count). The van der Waals surface area contributed by atoms with E-state index in [9.17, 15) is 0 Å². The third-order valence-electron chi connectivity index (χ3n) is 6.73. The van der Waals surface area contributed by atoms with Crippen LogP contribution in [0, 0.1) is 35.5 Å². The van der Waals surface area contributed by atoms with Gasteiger partial charge in [0.05, 0.1) is 0 Å². The van der Waals surface area contributed by atoms with Gasteiger partial charge < -0.3 is 0 Å². The molecule has 0 nitrogen and oxygen atoms in total. The van der Waals surface area contributed by atoms with Gasteiger partial charge in [-0.1, -0.05) is 0 Å². The van der Waals surface area contributed by atoms with Crippen LogP contribution in [0.1, 0.15) is 51.9 Å². The molecule has 4 aliphatic rings. The van der Waals surface area contributed by atoms with Crippen LogP contribution < -0.4 is 21.2 Å². The van der Waals surface area contributed by atoms with Crippen molar-refractivity contribution in [2.45, 2.75) is 55.8 Å². The standard InChI is InChI=1S/C18H28I/c1-12-4-2-5-13-8-9-14-15-10-11-19-17(15)7-3-6-16(14)18(12)13/h3,6,12-18H,2,4-5,7-11H2,1H3/q-1. The second-order valence-corrected chi connectivity index (χ2v) is 11.1. The van der Waals surface area contributed by atoms with Crippen LogP contribution in [-0.4, -0.2) is 8.35 Å². The first kappa shape index (κ1) is 13.2. The van der Waals surface area contributed by atoms with Crippen LogP contribution in [0.3, 0.4) is 0 Å². The summed E-state index contributed by atoms with van der Waals surface area (Å²) in [6, 6.07) is 0. The molecule has 0 aromatic rings. The molecule has 3 fully saturated rings. The Kier molecular flexibility index (Phi) is 3.70. The quantitative estimate of drug-likeness (QED) is 0.344.